The highest BCUT2D eigenvalue weighted by atomic mass is 35.5. The summed E-state index contributed by atoms with van der Waals surface area (Å²) in [6, 6.07) is 9.70. The molecule has 12 heteroatoms. The van der Waals surface area contributed by atoms with E-state index in [1.165, 1.54) is 19.1 Å². The van der Waals surface area contributed by atoms with Gasteiger partial charge in [-0.1, -0.05) is 23.2 Å². The number of fused-ring (bicyclic) bond motifs is 1. The molecule has 34 heavy (non-hydrogen) atoms. The number of amides is 3. The third-order valence-corrected chi connectivity index (χ3v) is 5.57. The van der Waals surface area contributed by atoms with Gasteiger partial charge in [-0.05, 0) is 49.2 Å². The third-order valence-electron chi connectivity index (χ3n) is 5.01. The molecule has 0 bridgehead atoms. The molecule has 0 fully saturated rings. The van der Waals surface area contributed by atoms with Crippen LogP contribution in [0.4, 0.5) is 16.2 Å². The minimum Gasteiger partial charge on any atom is -0.465 e. The highest BCUT2D eigenvalue weighted by molar-refractivity contribution is 6.46. The lowest BCUT2D eigenvalue weighted by Crippen LogP contribution is -2.40. The second kappa shape index (κ2) is 10.4. The largest absolute Gasteiger partial charge is 0.465 e. The van der Waals surface area contributed by atoms with E-state index in [0.29, 0.717) is 23.5 Å². The number of carbonyl (C=O) groups excluding carboxylic acids is 2. The summed E-state index contributed by atoms with van der Waals surface area (Å²) in [7, 11) is 1.72. The molecule has 2 aromatic carbocycles. The number of aryl methyl sites for hydroxylation is 1. The van der Waals surface area contributed by atoms with Gasteiger partial charge in [-0.25, -0.2) is 9.69 Å². The van der Waals surface area contributed by atoms with Crippen LogP contribution in [0.2, 0.25) is 10.0 Å². The van der Waals surface area contributed by atoms with Crippen molar-refractivity contribution in [1.82, 2.24) is 4.90 Å². The van der Waals surface area contributed by atoms with Crippen LogP contribution in [0.5, 0.6) is 11.5 Å². The maximum Gasteiger partial charge on any atom is 0.414 e. The molecule has 1 aliphatic rings. The molecule has 0 atom stereocenters. The minimum absolute atomic E-state index is 0.0459. The van der Waals surface area contributed by atoms with Crippen molar-refractivity contribution in [3.05, 3.63) is 45.9 Å². The number of carboxylic acid groups (broad SMARTS) is 1. The van der Waals surface area contributed by atoms with Gasteiger partial charge in [-0.3, -0.25) is 15.0 Å². The lowest BCUT2D eigenvalue weighted by atomic mass is 10.0. The smallest absolute Gasteiger partial charge is 0.414 e. The molecule has 1 heterocycles. The first-order valence-corrected chi connectivity index (χ1v) is 10.8. The standard InChI is InChI=1S/C22H19Cl2N5O5/c1-3-29(22(32)33)21(31)17(11-25)27-26-13-9-15(23)20(16(24)10-13)34-14-5-6-18-12(8-14)4-7-19(30)28(18)2/h5-6,8-10,26H,3-4,7H2,1-2H3,(H,32,33). The average molecular weight is 504 g/mol. The summed E-state index contributed by atoms with van der Waals surface area (Å²) in [5.74, 6) is -0.362. The number of anilines is 2. The van der Waals surface area contributed by atoms with Gasteiger partial charge < -0.3 is 14.7 Å². The van der Waals surface area contributed by atoms with Crippen molar-refractivity contribution in [2.75, 3.05) is 23.9 Å². The first-order chi connectivity index (χ1) is 16.2. The van der Waals surface area contributed by atoms with Crippen LogP contribution >= 0.6 is 23.2 Å². The first kappa shape index (κ1) is 24.8. The number of carbonyl (C=O) groups is 3. The number of nitriles is 1. The van der Waals surface area contributed by atoms with Crippen molar-refractivity contribution in [2.45, 2.75) is 19.8 Å². The molecule has 3 amide bonds. The monoisotopic (exact) mass is 503 g/mol. The Bertz CT molecular complexity index is 1220. The molecule has 0 saturated carbocycles. The Kier molecular flexibility index (Phi) is 7.61. The summed E-state index contributed by atoms with van der Waals surface area (Å²) in [6.07, 6.45) is -0.496. The Labute approximate surface area is 204 Å². The Hall–Kier alpha value is -3.81. The van der Waals surface area contributed by atoms with Crippen LogP contribution in [-0.2, 0) is 16.0 Å². The lowest BCUT2D eigenvalue weighted by Gasteiger charge is -2.26. The van der Waals surface area contributed by atoms with E-state index in [0.717, 1.165) is 11.3 Å². The number of nitrogens with zero attached hydrogens (tertiary/aromatic N) is 4. The fraction of sp³-hybridized carbons (Fsp3) is 0.227. The SMILES string of the molecule is CCN(C(=O)O)C(=O)C(C#N)=NNc1cc(Cl)c(Oc2ccc3c(c2)CCC(=O)N3C)c(Cl)c1. The molecule has 0 spiro atoms. The van der Waals surface area contributed by atoms with Gasteiger partial charge in [-0.2, -0.15) is 10.4 Å². The molecule has 0 radical (unpaired) electrons. The van der Waals surface area contributed by atoms with Crippen molar-refractivity contribution in [2.24, 2.45) is 5.10 Å². The van der Waals surface area contributed by atoms with Gasteiger partial charge in [0.05, 0.1) is 15.7 Å². The van der Waals surface area contributed by atoms with E-state index in [4.69, 9.17) is 33.0 Å². The number of ether oxygens (including phenoxy) is 1. The number of halogens is 2. The van der Waals surface area contributed by atoms with Crippen LogP contribution in [-0.4, -0.2) is 47.2 Å². The second-order valence-electron chi connectivity index (χ2n) is 7.13. The van der Waals surface area contributed by atoms with Gasteiger partial charge in [-0.15, -0.1) is 0 Å². The van der Waals surface area contributed by atoms with Crippen molar-refractivity contribution in [3.8, 4) is 17.6 Å². The highest BCUT2D eigenvalue weighted by Gasteiger charge is 2.24. The fourth-order valence-corrected chi connectivity index (χ4v) is 3.84. The topological polar surface area (TPSA) is 135 Å². The first-order valence-electron chi connectivity index (χ1n) is 10.0. The number of hydrogen-bond acceptors (Lipinski definition) is 7. The van der Waals surface area contributed by atoms with Crippen LogP contribution in [0.25, 0.3) is 0 Å². The minimum atomic E-state index is -1.50. The molecular formula is C22H19Cl2N5O5. The third kappa shape index (κ3) is 5.22. The van der Waals surface area contributed by atoms with Crippen LogP contribution in [0.1, 0.15) is 18.9 Å². The van der Waals surface area contributed by atoms with Crippen molar-refractivity contribution in [3.63, 3.8) is 0 Å². The van der Waals surface area contributed by atoms with E-state index >= 15 is 0 Å². The predicted molar refractivity (Wildman–Crippen MR) is 127 cm³/mol. The molecule has 0 saturated heterocycles. The zero-order valence-corrected chi connectivity index (χ0v) is 19.6. The number of hydrazone groups is 1. The van der Waals surface area contributed by atoms with E-state index in [-0.39, 0.29) is 33.9 Å². The molecular weight excluding hydrogens is 485 g/mol. The summed E-state index contributed by atoms with van der Waals surface area (Å²) in [5, 5.41) is 22.2. The van der Waals surface area contributed by atoms with Gasteiger partial charge in [0.15, 0.2) is 5.75 Å². The van der Waals surface area contributed by atoms with Crippen molar-refractivity contribution in [1.29, 1.82) is 5.26 Å². The van der Waals surface area contributed by atoms with E-state index < -0.39 is 17.7 Å². The zero-order chi connectivity index (χ0) is 25.0. The number of hydrogen-bond donors (Lipinski definition) is 2. The Morgan fingerprint density at radius 2 is 1.94 bits per heavy atom. The fourth-order valence-electron chi connectivity index (χ4n) is 3.27. The van der Waals surface area contributed by atoms with Crippen LogP contribution in [0.15, 0.2) is 35.4 Å². The molecule has 3 rings (SSSR count). The van der Waals surface area contributed by atoms with E-state index in [1.54, 1.807) is 30.1 Å². The van der Waals surface area contributed by atoms with Gasteiger partial charge >= 0.3 is 6.09 Å². The van der Waals surface area contributed by atoms with Crippen molar-refractivity contribution < 1.29 is 24.2 Å². The van der Waals surface area contributed by atoms with Gasteiger partial charge in [0.25, 0.3) is 5.91 Å². The van der Waals surface area contributed by atoms with E-state index in [2.05, 4.69) is 10.5 Å². The molecule has 10 nitrogen and oxygen atoms in total. The molecule has 176 valence electrons. The van der Waals surface area contributed by atoms with Crippen LogP contribution in [0.3, 0.4) is 0 Å². The zero-order valence-electron chi connectivity index (χ0n) is 18.1. The molecule has 2 aromatic rings. The Morgan fingerprint density at radius 1 is 1.26 bits per heavy atom. The highest BCUT2D eigenvalue weighted by Crippen LogP contribution is 2.40. The summed E-state index contributed by atoms with van der Waals surface area (Å²) in [5.41, 5.74) is 3.83. The average Bonchev–Trinajstić information content (AvgIpc) is 2.79. The number of benzene rings is 2. The number of nitrogens with one attached hydrogen (secondary N) is 1. The Morgan fingerprint density at radius 3 is 2.53 bits per heavy atom. The number of rotatable bonds is 6. The predicted octanol–water partition coefficient (Wildman–Crippen LogP) is 4.51. The Balaban J connectivity index is 1.80. The summed E-state index contributed by atoms with van der Waals surface area (Å²) >= 11 is 12.7. The quantitative estimate of drug-likeness (QED) is 0.436. The van der Waals surface area contributed by atoms with Gasteiger partial charge in [0, 0.05) is 25.7 Å². The second-order valence-corrected chi connectivity index (χ2v) is 7.94. The summed E-state index contributed by atoms with van der Waals surface area (Å²) < 4.78 is 5.87. The molecule has 0 aliphatic carbocycles. The van der Waals surface area contributed by atoms with Gasteiger partial charge in [0.2, 0.25) is 11.6 Å². The maximum absolute atomic E-state index is 12.2. The normalized spacial score (nSPS) is 13.1. The molecule has 0 aromatic heterocycles. The number of imide groups is 1. The molecule has 2 N–H and O–H groups in total. The van der Waals surface area contributed by atoms with Crippen molar-refractivity contribution >= 4 is 58.2 Å². The lowest BCUT2D eigenvalue weighted by molar-refractivity contribution is -0.122. The molecule has 1 aliphatic heterocycles. The maximum atomic E-state index is 12.2. The van der Waals surface area contributed by atoms with E-state index in [9.17, 15) is 19.6 Å². The summed E-state index contributed by atoms with van der Waals surface area (Å²) in [4.78, 5) is 37.2. The van der Waals surface area contributed by atoms with Crippen LogP contribution in [0, 0.1) is 11.3 Å². The molecule has 0 unspecified atom stereocenters. The van der Waals surface area contributed by atoms with Gasteiger partial charge in [0.1, 0.15) is 11.8 Å². The van der Waals surface area contributed by atoms with E-state index in [1.807, 2.05) is 6.07 Å². The summed E-state index contributed by atoms with van der Waals surface area (Å²) in [6.45, 7) is 1.31. The van der Waals surface area contributed by atoms with Crippen LogP contribution < -0.4 is 15.1 Å².